The van der Waals surface area contributed by atoms with E-state index in [1.54, 1.807) is 24.3 Å². The zero-order valence-corrected chi connectivity index (χ0v) is 15.8. The Labute approximate surface area is 163 Å². The van der Waals surface area contributed by atoms with Gasteiger partial charge in [-0.05, 0) is 0 Å². The van der Waals surface area contributed by atoms with Gasteiger partial charge in [0.25, 0.3) is 0 Å². The first-order chi connectivity index (χ1) is 13.1. The van der Waals surface area contributed by atoms with Crippen LogP contribution in [0.1, 0.15) is 39.1 Å². The highest BCUT2D eigenvalue weighted by atomic mass is 35.5. The number of alkyl halides is 1. The van der Waals surface area contributed by atoms with Gasteiger partial charge in [-0.2, -0.15) is 0 Å². The van der Waals surface area contributed by atoms with Gasteiger partial charge in [0.2, 0.25) is 5.78 Å². The van der Waals surface area contributed by atoms with Crippen molar-refractivity contribution in [3.05, 3.63) is 71.3 Å². The van der Waals surface area contributed by atoms with Crippen molar-refractivity contribution in [2.75, 3.05) is 13.1 Å². The number of hydrogen-bond donors (Lipinski definition) is 1. The lowest BCUT2D eigenvalue weighted by Gasteiger charge is -2.29. The van der Waals surface area contributed by atoms with Crippen molar-refractivity contribution in [3.8, 4) is 0 Å². The lowest BCUT2D eigenvalue weighted by Crippen LogP contribution is -3.12. The van der Waals surface area contributed by atoms with Gasteiger partial charge in [-0.15, -0.1) is 11.6 Å². The Hall–Kier alpha value is -2.30. The van der Waals surface area contributed by atoms with Crippen molar-refractivity contribution in [2.24, 2.45) is 4.99 Å². The molecular weight excluding hydrogens is 360 g/mol. The van der Waals surface area contributed by atoms with Crippen LogP contribution >= 0.6 is 11.6 Å². The van der Waals surface area contributed by atoms with Gasteiger partial charge in [0, 0.05) is 29.5 Å². The average molecular weight is 382 g/mol. The van der Waals surface area contributed by atoms with E-state index in [9.17, 15) is 9.59 Å². The van der Waals surface area contributed by atoms with Crippen LogP contribution in [0.15, 0.2) is 59.6 Å². The fourth-order valence-electron chi connectivity index (χ4n) is 3.93. The van der Waals surface area contributed by atoms with E-state index in [1.165, 1.54) is 10.5 Å². The molecule has 138 valence electrons. The minimum Gasteiger partial charge on any atom is -0.331 e. The molecule has 4 nitrogen and oxygen atoms in total. The maximum Gasteiger partial charge on any atom is 0.209 e. The van der Waals surface area contributed by atoms with Crippen molar-refractivity contribution in [1.29, 1.82) is 0 Å². The summed E-state index contributed by atoms with van der Waals surface area (Å²) in [6.45, 7) is 3.01. The quantitative estimate of drug-likeness (QED) is 0.830. The maximum atomic E-state index is 12.8. The SMILES string of the molecule is O=C1C(=NC2CC[NH+](Cc3ccccc3)CC2)C(Cl)C(=O)c2ccccc21. The van der Waals surface area contributed by atoms with E-state index >= 15 is 0 Å². The molecule has 2 aliphatic rings. The molecule has 0 aromatic heterocycles. The zero-order valence-electron chi connectivity index (χ0n) is 15.0. The van der Waals surface area contributed by atoms with E-state index in [0.717, 1.165) is 32.5 Å². The second kappa shape index (κ2) is 7.75. The van der Waals surface area contributed by atoms with Gasteiger partial charge in [-0.3, -0.25) is 14.6 Å². The van der Waals surface area contributed by atoms with E-state index in [-0.39, 0.29) is 23.3 Å². The van der Waals surface area contributed by atoms with Gasteiger partial charge in [0.1, 0.15) is 17.6 Å². The number of nitrogens with zero attached hydrogens (tertiary/aromatic N) is 1. The van der Waals surface area contributed by atoms with Crippen LogP contribution in [0.5, 0.6) is 0 Å². The summed E-state index contributed by atoms with van der Waals surface area (Å²) in [5, 5.41) is -0.970. The molecule has 5 heteroatoms. The number of fused-ring (bicyclic) bond motifs is 1. The summed E-state index contributed by atoms with van der Waals surface area (Å²) < 4.78 is 0. The van der Waals surface area contributed by atoms with E-state index in [4.69, 9.17) is 11.6 Å². The van der Waals surface area contributed by atoms with Crippen LogP contribution < -0.4 is 4.90 Å². The Kier molecular flexibility index (Phi) is 5.19. The third-order valence-corrected chi connectivity index (χ3v) is 5.83. The van der Waals surface area contributed by atoms with Gasteiger partial charge < -0.3 is 4.90 Å². The molecule has 1 atom stereocenters. The Bertz CT molecular complexity index is 886. The molecule has 4 rings (SSSR count). The van der Waals surface area contributed by atoms with Crippen LogP contribution in [0.3, 0.4) is 0 Å². The highest BCUT2D eigenvalue weighted by Crippen LogP contribution is 2.24. The predicted molar refractivity (Wildman–Crippen MR) is 106 cm³/mol. The standard InChI is InChI=1S/C22H21ClN2O2/c23-19-20(22(27)18-9-5-4-8-17(18)21(19)26)24-16-10-12-25(13-11-16)14-15-6-2-1-3-7-15/h1-9,16,19H,10-14H2/p+1. The number of hydrogen-bond acceptors (Lipinski definition) is 3. The molecule has 2 aromatic carbocycles. The van der Waals surface area contributed by atoms with Crippen LogP contribution in [0.4, 0.5) is 0 Å². The highest BCUT2D eigenvalue weighted by molar-refractivity contribution is 6.64. The molecule has 1 unspecified atom stereocenters. The summed E-state index contributed by atoms with van der Waals surface area (Å²) in [6, 6.07) is 17.4. The van der Waals surface area contributed by atoms with Gasteiger partial charge in [-0.1, -0.05) is 54.6 Å². The Morgan fingerprint density at radius 2 is 1.56 bits per heavy atom. The first kappa shape index (κ1) is 18.1. The number of nitrogens with one attached hydrogen (secondary N) is 1. The van der Waals surface area contributed by atoms with E-state index in [1.807, 2.05) is 6.07 Å². The maximum absolute atomic E-state index is 12.8. The van der Waals surface area contributed by atoms with Crippen LogP contribution in [0.2, 0.25) is 0 Å². The number of benzene rings is 2. The molecule has 1 aliphatic heterocycles. The summed E-state index contributed by atoms with van der Waals surface area (Å²) in [4.78, 5) is 31.5. The monoisotopic (exact) mass is 381 g/mol. The number of carbonyl (C=O) groups excluding carboxylic acids is 2. The number of piperidine rings is 1. The van der Waals surface area contributed by atoms with E-state index in [2.05, 4.69) is 29.3 Å². The van der Waals surface area contributed by atoms with Crippen molar-refractivity contribution in [2.45, 2.75) is 30.8 Å². The topological polar surface area (TPSA) is 50.9 Å². The Morgan fingerprint density at radius 3 is 2.26 bits per heavy atom. The number of likely N-dealkylation sites (tertiary alicyclic amines) is 1. The molecule has 1 saturated heterocycles. The van der Waals surface area contributed by atoms with Crippen LogP contribution in [0.25, 0.3) is 0 Å². The Morgan fingerprint density at radius 1 is 0.926 bits per heavy atom. The lowest BCUT2D eigenvalue weighted by molar-refractivity contribution is -0.918. The zero-order chi connectivity index (χ0) is 18.8. The minimum absolute atomic E-state index is 0.0581. The average Bonchev–Trinajstić information content (AvgIpc) is 2.71. The molecule has 1 aliphatic carbocycles. The van der Waals surface area contributed by atoms with Gasteiger partial charge in [0.15, 0.2) is 5.78 Å². The molecule has 27 heavy (non-hydrogen) atoms. The third kappa shape index (κ3) is 3.73. The number of aliphatic imine (C=N–C) groups is 1. The molecule has 1 fully saturated rings. The second-order valence-electron chi connectivity index (χ2n) is 7.26. The van der Waals surface area contributed by atoms with Gasteiger partial charge >= 0.3 is 0 Å². The molecule has 0 amide bonds. The van der Waals surface area contributed by atoms with E-state index in [0.29, 0.717) is 11.1 Å². The molecule has 0 saturated carbocycles. The first-order valence-electron chi connectivity index (χ1n) is 9.40. The number of halogens is 1. The molecule has 1 N–H and O–H groups in total. The first-order valence-corrected chi connectivity index (χ1v) is 9.84. The smallest absolute Gasteiger partial charge is 0.209 e. The van der Waals surface area contributed by atoms with Gasteiger partial charge in [-0.25, -0.2) is 0 Å². The fraction of sp³-hybridized carbons (Fsp3) is 0.318. The molecule has 2 aromatic rings. The molecule has 1 heterocycles. The van der Waals surface area contributed by atoms with Crippen LogP contribution in [-0.4, -0.2) is 41.8 Å². The molecular formula is C22H22ClN2O2+. The summed E-state index contributed by atoms with van der Waals surface area (Å²) in [5.74, 6) is -0.429. The van der Waals surface area contributed by atoms with Gasteiger partial charge in [0.05, 0.1) is 19.1 Å². The predicted octanol–water partition coefficient (Wildman–Crippen LogP) is 2.36. The highest BCUT2D eigenvalue weighted by Gasteiger charge is 2.37. The summed E-state index contributed by atoms with van der Waals surface area (Å²) in [6.07, 6.45) is 1.80. The summed E-state index contributed by atoms with van der Waals surface area (Å²) in [7, 11) is 0. The molecule has 0 radical (unpaired) electrons. The number of quaternary nitrogens is 1. The third-order valence-electron chi connectivity index (χ3n) is 5.42. The van der Waals surface area contributed by atoms with Crippen molar-refractivity contribution >= 4 is 28.9 Å². The number of ketones is 2. The van der Waals surface area contributed by atoms with Crippen molar-refractivity contribution in [1.82, 2.24) is 0 Å². The minimum atomic E-state index is -0.970. The Balaban J connectivity index is 1.45. The van der Waals surface area contributed by atoms with Crippen LogP contribution in [0, 0.1) is 0 Å². The second-order valence-corrected chi connectivity index (χ2v) is 7.70. The molecule has 0 spiro atoms. The number of Topliss-reactive ketones (excluding diaryl/α,β-unsaturated/α-hetero) is 2. The molecule has 0 bridgehead atoms. The number of carbonyl (C=O) groups is 2. The largest absolute Gasteiger partial charge is 0.331 e. The van der Waals surface area contributed by atoms with Crippen molar-refractivity contribution < 1.29 is 14.5 Å². The number of rotatable bonds is 3. The lowest BCUT2D eigenvalue weighted by atomic mass is 9.87. The van der Waals surface area contributed by atoms with E-state index < -0.39 is 5.38 Å². The summed E-state index contributed by atoms with van der Waals surface area (Å²) in [5.41, 5.74) is 2.38. The normalized spacial score (nSPS) is 26.9. The fourth-order valence-corrected chi connectivity index (χ4v) is 4.20. The van der Waals surface area contributed by atoms with Crippen molar-refractivity contribution in [3.63, 3.8) is 0 Å². The van der Waals surface area contributed by atoms with Crippen LogP contribution in [-0.2, 0) is 6.54 Å². The summed E-state index contributed by atoms with van der Waals surface area (Å²) >= 11 is 6.30.